The molecule has 1 aliphatic heterocycles. The first-order valence-electron chi connectivity index (χ1n) is 9.80. The van der Waals surface area contributed by atoms with E-state index in [0.717, 1.165) is 12.3 Å². The number of carboxylic acids is 1. The molecule has 0 radical (unpaired) electrons. The number of para-hydroxylation sites is 1. The normalized spacial score (nSPS) is 26.7. The second-order valence-electron chi connectivity index (χ2n) is 7.90. The highest BCUT2D eigenvalue weighted by molar-refractivity contribution is 9.10. The number of ether oxygens (including phenoxy) is 1. The van der Waals surface area contributed by atoms with Crippen LogP contribution in [-0.2, 0) is 18.6 Å². The number of rotatable bonds is 9. The van der Waals surface area contributed by atoms with E-state index in [1.165, 1.54) is 26.0 Å². The van der Waals surface area contributed by atoms with E-state index >= 15 is 4.39 Å². The van der Waals surface area contributed by atoms with Gasteiger partial charge in [0.2, 0.25) is 4.58 Å². The number of H-pyrrole nitrogens is 1. The van der Waals surface area contributed by atoms with Crippen LogP contribution in [-0.4, -0.2) is 54.7 Å². The Hall–Kier alpha value is -2.35. The Balaban J connectivity index is 1.83. The Morgan fingerprint density at radius 2 is 2.00 bits per heavy atom. The number of aliphatic hydroxyl groups excluding tert-OH is 1. The number of nitrogens with one attached hydrogen (secondary N) is 2. The van der Waals surface area contributed by atoms with Gasteiger partial charge in [-0.05, 0) is 41.9 Å². The third kappa shape index (κ3) is 5.65. The molecule has 2 heterocycles. The van der Waals surface area contributed by atoms with E-state index in [-0.39, 0.29) is 5.75 Å². The van der Waals surface area contributed by atoms with E-state index < -0.39 is 60.1 Å². The van der Waals surface area contributed by atoms with Gasteiger partial charge in [-0.1, -0.05) is 18.2 Å². The van der Waals surface area contributed by atoms with Crippen LogP contribution in [0.25, 0.3) is 0 Å². The Kier molecular flexibility index (Phi) is 7.51. The van der Waals surface area contributed by atoms with Crippen molar-refractivity contribution in [3.63, 3.8) is 0 Å². The summed E-state index contributed by atoms with van der Waals surface area (Å²) in [6, 6.07) is 8.71. The summed E-state index contributed by atoms with van der Waals surface area (Å²) < 4.78 is 42.9. The summed E-state index contributed by atoms with van der Waals surface area (Å²) in [6.07, 6.45) is -4.14. The average molecular weight is 566 g/mol. The van der Waals surface area contributed by atoms with Crippen LogP contribution in [0.4, 0.5) is 4.39 Å². The second-order valence-corrected chi connectivity index (χ2v) is 10.8. The summed E-state index contributed by atoms with van der Waals surface area (Å²) in [4.78, 5) is 36.8. The number of aromatic nitrogens is 2. The highest BCUT2D eigenvalue weighted by atomic mass is 79.9. The first-order chi connectivity index (χ1) is 15.7. The van der Waals surface area contributed by atoms with Gasteiger partial charge in [-0.2, -0.15) is 5.09 Å². The Morgan fingerprint density at radius 3 is 2.59 bits per heavy atom. The first kappa shape index (κ1) is 26.3. The fraction of sp³-hybridized carbons (Fsp3) is 0.421. The Labute approximate surface area is 200 Å². The molecular weight excluding hydrogens is 544 g/mol. The monoisotopic (exact) mass is 565 g/mol. The molecule has 34 heavy (non-hydrogen) atoms. The summed E-state index contributed by atoms with van der Waals surface area (Å²) in [5, 5.41) is 22.1. The van der Waals surface area contributed by atoms with Crippen LogP contribution in [0.15, 0.2) is 52.2 Å². The lowest BCUT2D eigenvalue weighted by Crippen LogP contribution is -2.46. The molecule has 4 N–H and O–H groups in total. The molecule has 12 nitrogen and oxygen atoms in total. The molecule has 1 aliphatic rings. The fourth-order valence-corrected chi connectivity index (χ4v) is 5.29. The van der Waals surface area contributed by atoms with Crippen molar-refractivity contribution in [2.45, 2.75) is 42.4 Å². The van der Waals surface area contributed by atoms with Crippen molar-refractivity contribution in [1.29, 1.82) is 0 Å². The summed E-state index contributed by atoms with van der Waals surface area (Å²) in [5.41, 5.74) is -3.47. The summed E-state index contributed by atoms with van der Waals surface area (Å²) in [7, 11) is -4.42. The number of carbonyl (C=O) groups is 1. The summed E-state index contributed by atoms with van der Waals surface area (Å²) >= 11 is 2.70. The highest BCUT2D eigenvalue weighted by Crippen LogP contribution is 2.49. The second kappa shape index (κ2) is 9.72. The number of aliphatic carboxylic acids is 1. The van der Waals surface area contributed by atoms with Crippen LogP contribution in [0, 0.1) is 0 Å². The number of carboxylic acid groups (broad SMARTS) is 1. The lowest BCUT2D eigenvalue weighted by molar-refractivity contribution is -0.142. The van der Waals surface area contributed by atoms with Crippen molar-refractivity contribution >= 4 is 29.6 Å². The number of halogens is 2. The van der Waals surface area contributed by atoms with Crippen molar-refractivity contribution < 1.29 is 37.7 Å². The van der Waals surface area contributed by atoms with Gasteiger partial charge in [0.25, 0.3) is 5.56 Å². The summed E-state index contributed by atoms with van der Waals surface area (Å²) in [5.74, 6) is -1.27. The zero-order valence-electron chi connectivity index (χ0n) is 17.9. The lowest BCUT2D eigenvalue weighted by Gasteiger charge is -2.28. The van der Waals surface area contributed by atoms with Crippen LogP contribution in [0.2, 0.25) is 0 Å². The molecule has 5 atom stereocenters. The SMILES string of the molecule is CC(C)(N[P@@](=O)(OC[C@H]1O[C@@H](n2ccc(=O)[nH]c2=O)[C@@](F)(Br)[C@@H]1O)Oc1ccccc1)C(=O)O. The van der Waals surface area contributed by atoms with Crippen LogP contribution >= 0.6 is 23.7 Å². The number of nitrogens with zero attached hydrogens (tertiary/aromatic N) is 1. The molecule has 3 rings (SSSR count). The van der Waals surface area contributed by atoms with Gasteiger partial charge in [-0.25, -0.2) is 13.8 Å². The number of hydrogen-bond donors (Lipinski definition) is 4. The van der Waals surface area contributed by atoms with Gasteiger partial charge in [-0.15, -0.1) is 0 Å². The highest BCUT2D eigenvalue weighted by Gasteiger charge is 2.57. The first-order valence-corrected chi connectivity index (χ1v) is 12.1. The van der Waals surface area contributed by atoms with E-state index in [1.54, 1.807) is 18.2 Å². The molecule has 2 aromatic rings. The number of aromatic amines is 1. The third-order valence-corrected chi connectivity index (χ3v) is 7.45. The van der Waals surface area contributed by atoms with Gasteiger partial charge in [0, 0.05) is 12.3 Å². The average Bonchev–Trinajstić information content (AvgIpc) is 2.96. The third-order valence-electron chi connectivity index (χ3n) is 4.81. The zero-order valence-corrected chi connectivity index (χ0v) is 20.4. The van der Waals surface area contributed by atoms with Crippen molar-refractivity contribution in [2.24, 2.45) is 0 Å². The standard InChI is InChI=1S/C19H22BrFN3O9P/c1-18(2,16(27)28)23-34(30,33-11-6-4-3-5-7-11)31-10-12-14(26)19(20,21)15(32-12)24-9-8-13(25)22-17(24)29/h3-9,12,14-15,26H,10H2,1-2H3,(H,23,30)(H,27,28)(H,22,25,29)/t12-,14-,15-,19-,34-/m1/s1. The molecule has 1 aromatic heterocycles. The van der Waals surface area contributed by atoms with Crippen LogP contribution < -0.4 is 20.9 Å². The molecule has 0 amide bonds. The molecular formula is C19H22BrFN3O9P. The van der Waals surface area contributed by atoms with E-state index in [2.05, 4.69) is 21.0 Å². The smallest absolute Gasteiger partial charge is 0.459 e. The topological polar surface area (TPSA) is 169 Å². The minimum atomic E-state index is -4.42. The summed E-state index contributed by atoms with van der Waals surface area (Å²) in [6.45, 7) is 1.73. The molecule has 0 saturated carbocycles. The van der Waals surface area contributed by atoms with E-state index in [4.69, 9.17) is 13.8 Å². The van der Waals surface area contributed by atoms with Gasteiger partial charge in [0.15, 0.2) is 6.23 Å². The predicted molar refractivity (Wildman–Crippen MR) is 119 cm³/mol. The largest absolute Gasteiger partial charge is 0.480 e. The lowest BCUT2D eigenvalue weighted by atomic mass is 10.1. The van der Waals surface area contributed by atoms with Crippen molar-refractivity contribution in [2.75, 3.05) is 6.61 Å². The molecule has 0 bridgehead atoms. The van der Waals surface area contributed by atoms with Crippen LogP contribution in [0.1, 0.15) is 20.1 Å². The molecule has 15 heteroatoms. The van der Waals surface area contributed by atoms with Gasteiger partial charge >= 0.3 is 19.4 Å². The van der Waals surface area contributed by atoms with Gasteiger partial charge in [0.05, 0.1) is 6.61 Å². The zero-order chi connectivity index (χ0) is 25.3. The van der Waals surface area contributed by atoms with Crippen molar-refractivity contribution in [3.8, 4) is 5.75 Å². The molecule has 0 aliphatic carbocycles. The number of benzene rings is 1. The van der Waals surface area contributed by atoms with E-state index in [1.807, 2.05) is 4.98 Å². The maximum Gasteiger partial charge on any atom is 0.459 e. The quantitative estimate of drug-likeness (QED) is 0.258. The number of aliphatic hydroxyl groups is 1. The molecule has 1 fully saturated rings. The Bertz CT molecular complexity index is 1200. The molecule has 0 spiro atoms. The van der Waals surface area contributed by atoms with Gasteiger partial charge in [0.1, 0.15) is 23.5 Å². The maximum absolute atomic E-state index is 15.3. The molecule has 186 valence electrons. The van der Waals surface area contributed by atoms with Crippen molar-refractivity contribution in [3.05, 3.63) is 63.4 Å². The fourth-order valence-electron chi connectivity index (χ4n) is 2.98. The van der Waals surface area contributed by atoms with Crippen LogP contribution in [0.5, 0.6) is 5.75 Å². The number of alkyl halides is 2. The number of hydrogen-bond acceptors (Lipinski definition) is 8. The molecule has 0 unspecified atom stereocenters. The van der Waals surface area contributed by atoms with Crippen molar-refractivity contribution in [1.82, 2.24) is 14.6 Å². The van der Waals surface area contributed by atoms with Gasteiger partial charge in [-0.3, -0.25) is 23.7 Å². The Morgan fingerprint density at radius 1 is 1.35 bits per heavy atom. The minimum Gasteiger partial charge on any atom is -0.480 e. The molecule has 1 aromatic carbocycles. The van der Waals surface area contributed by atoms with E-state index in [9.17, 15) is 29.2 Å². The predicted octanol–water partition coefficient (Wildman–Crippen LogP) is 1.51. The van der Waals surface area contributed by atoms with Crippen LogP contribution in [0.3, 0.4) is 0 Å². The van der Waals surface area contributed by atoms with Gasteiger partial charge < -0.3 is 19.5 Å². The maximum atomic E-state index is 15.3. The minimum absolute atomic E-state index is 0.0883. The van der Waals surface area contributed by atoms with E-state index in [0.29, 0.717) is 4.57 Å². The molecule has 1 saturated heterocycles.